The fraction of sp³-hybridized carbons (Fsp3) is 0.188. The number of halogens is 3. The third-order valence-corrected chi connectivity index (χ3v) is 7.91. The number of hydrogen-bond donors (Lipinski definition) is 1. The standard InChI is InChI=1S/C32H25F3N4O2S/c1-41-28-13-12-20(18-37-39-30(40)26-15-24(26)21-8-4-2-5-9-21)14-23(28)19-42-31-27(17-36)25(22-10-6-3-7-11-22)16-29(38-31)32(33,34)35/h2-14,16,18,24,26H,15,19H2,1H3,(H,39,40)/b37-18+. The largest absolute Gasteiger partial charge is 0.496 e. The van der Waals surface area contributed by atoms with Gasteiger partial charge in [0.15, 0.2) is 0 Å². The van der Waals surface area contributed by atoms with Gasteiger partial charge < -0.3 is 4.74 Å². The molecule has 212 valence electrons. The van der Waals surface area contributed by atoms with E-state index in [1.807, 2.05) is 36.4 Å². The van der Waals surface area contributed by atoms with Gasteiger partial charge in [-0.3, -0.25) is 4.79 Å². The molecule has 0 aliphatic heterocycles. The molecule has 5 rings (SSSR count). The number of alkyl halides is 3. The Balaban J connectivity index is 1.33. The Labute approximate surface area is 245 Å². The maximum absolute atomic E-state index is 13.8. The SMILES string of the molecule is COc1ccc(/C=N/NC(=O)C2CC2c2ccccc2)cc1CSc1nc(C(F)(F)F)cc(-c2ccccc2)c1C#N. The van der Waals surface area contributed by atoms with Crippen LogP contribution in [-0.4, -0.2) is 24.2 Å². The van der Waals surface area contributed by atoms with E-state index in [1.54, 1.807) is 48.5 Å². The van der Waals surface area contributed by atoms with Crippen LogP contribution < -0.4 is 10.2 Å². The number of methoxy groups -OCH3 is 1. The molecule has 1 saturated carbocycles. The highest BCUT2D eigenvalue weighted by atomic mass is 32.2. The number of thioether (sulfide) groups is 1. The molecule has 0 spiro atoms. The highest BCUT2D eigenvalue weighted by Gasteiger charge is 2.43. The number of hydrogen-bond acceptors (Lipinski definition) is 6. The van der Waals surface area contributed by atoms with E-state index in [4.69, 9.17) is 4.74 Å². The van der Waals surface area contributed by atoms with Crippen LogP contribution >= 0.6 is 11.8 Å². The molecule has 1 amide bonds. The van der Waals surface area contributed by atoms with Crippen molar-refractivity contribution in [2.45, 2.75) is 29.3 Å². The van der Waals surface area contributed by atoms with Gasteiger partial charge in [0, 0.05) is 22.8 Å². The summed E-state index contributed by atoms with van der Waals surface area (Å²) in [7, 11) is 1.49. The Bertz CT molecular complexity index is 1650. The van der Waals surface area contributed by atoms with Crippen LogP contribution in [0.25, 0.3) is 11.1 Å². The van der Waals surface area contributed by atoms with Crippen molar-refractivity contribution >= 4 is 23.9 Å². The third-order valence-electron chi connectivity index (χ3n) is 6.89. The second-order valence-electron chi connectivity index (χ2n) is 9.66. The second kappa shape index (κ2) is 12.5. The lowest BCUT2D eigenvalue weighted by atomic mass is 10.0. The highest BCUT2D eigenvalue weighted by molar-refractivity contribution is 7.98. The number of nitrogens with one attached hydrogen (secondary N) is 1. The minimum Gasteiger partial charge on any atom is -0.496 e. The van der Waals surface area contributed by atoms with E-state index >= 15 is 0 Å². The zero-order valence-corrected chi connectivity index (χ0v) is 23.2. The molecule has 0 radical (unpaired) electrons. The van der Waals surface area contributed by atoms with Crippen LogP contribution in [0.2, 0.25) is 0 Å². The zero-order chi connectivity index (χ0) is 29.7. The number of nitrogens with zero attached hydrogens (tertiary/aromatic N) is 3. The number of carbonyl (C=O) groups is 1. The first kappa shape index (κ1) is 28.9. The van der Waals surface area contributed by atoms with Crippen LogP contribution in [0.15, 0.2) is 95.1 Å². The van der Waals surface area contributed by atoms with Gasteiger partial charge in [0.1, 0.15) is 22.5 Å². The van der Waals surface area contributed by atoms with E-state index in [0.717, 1.165) is 29.8 Å². The molecule has 1 heterocycles. The molecule has 1 aliphatic carbocycles. The van der Waals surface area contributed by atoms with E-state index in [-0.39, 0.29) is 39.6 Å². The van der Waals surface area contributed by atoms with E-state index in [2.05, 4.69) is 15.5 Å². The first-order valence-electron chi connectivity index (χ1n) is 13.0. The topological polar surface area (TPSA) is 87.4 Å². The fourth-order valence-electron chi connectivity index (χ4n) is 4.67. The van der Waals surface area contributed by atoms with Gasteiger partial charge >= 0.3 is 6.18 Å². The second-order valence-corrected chi connectivity index (χ2v) is 10.6. The number of nitriles is 1. The van der Waals surface area contributed by atoms with Crippen LogP contribution in [0.1, 0.15) is 40.3 Å². The molecule has 4 aromatic rings. The predicted octanol–water partition coefficient (Wildman–Crippen LogP) is 7.19. The van der Waals surface area contributed by atoms with E-state index in [1.165, 1.54) is 13.3 Å². The van der Waals surface area contributed by atoms with Crippen LogP contribution in [0, 0.1) is 17.2 Å². The molecule has 1 aliphatic rings. The molecule has 2 atom stereocenters. The van der Waals surface area contributed by atoms with Crippen molar-refractivity contribution in [3.05, 3.63) is 113 Å². The maximum Gasteiger partial charge on any atom is 0.433 e. The van der Waals surface area contributed by atoms with Crippen LogP contribution in [-0.2, 0) is 16.7 Å². The number of carbonyl (C=O) groups excluding carboxylic acids is 1. The lowest BCUT2D eigenvalue weighted by Gasteiger charge is -2.15. The number of pyridine rings is 1. The smallest absolute Gasteiger partial charge is 0.433 e. The van der Waals surface area contributed by atoms with Crippen molar-refractivity contribution in [2.24, 2.45) is 11.0 Å². The van der Waals surface area contributed by atoms with Crippen LogP contribution in [0.5, 0.6) is 5.75 Å². The monoisotopic (exact) mass is 586 g/mol. The summed E-state index contributed by atoms with van der Waals surface area (Å²) in [5.41, 5.74) is 4.69. The minimum absolute atomic E-state index is 0.0306. The summed E-state index contributed by atoms with van der Waals surface area (Å²) < 4.78 is 46.7. The number of ether oxygens (including phenoxy) is 1. The quantitative estimate of drug-likeness (QED) is 0.127. The predicted molar refractivity (Wildman–Crippen MR) is 155 cm³/mol. The minimum atomic E-state index is -4.69. The Morgan fingerprint density at radius 1 is 1.12 bits per heavy atom. The fourth-order valence-corrected chi connectivity index (χ4v) is 5.65. The van der Waals surface area contributed by atoms with Crippen molar-refractivity contribution in [1.82, 2.24) is 10.4 Å². The van der Waals surface area contributed by atoms with E-state index in [9.17, 15) is 23.2 Å². The van der Waals surface area contributed by atoms with Crippen LogP contribution in [0.3, 0.4) is 0 Å². The summed E-state index contributed by atoms with van der Waals surface area (Å²) in [4.78, 5) is 16.3. The van der Waals surface area contributed by atoms with Crippen molar-refractivity contribution in [1.29, 1.82) is 5.26 Å². The summed E-state index contributed by atoms with van der Waals surface area (Å²) in [6, 6.07) is 26.5. The van der Waals surface area contributed by atoms with Gasteiger partial charge in [-0.05, 0) is 53.3 Å². The van der Waals surface area contributed by atoms with Gasteiger partial charge in [-0.1, -0.05) is 60.7 Å². The molecule has 0 bridgehead atoms. The molecule has 1 aromatic heterocycles. The number of aromatic nitrogens is 1. The number of amides is 1. The van der Waals surface area contributed by atoms with Crippen molar-refractivity contribution < 1.29 is 22.7 Å². The molecule has 2 unspecified atom stereocenters. The molecule has 6 nitrogen and oxygen atoms in total. The van der Waals surface area contributed by atoms with Crippen molar-refractivity contribution in [3.8, 4) is 22.9 Å². The summed E-state index contributed by atoms with van der Waals surface area (Å²) in [5, 5.41) is 14.0. The molecule has 1 N–H and O–H groups in total. The van der Waals surface area contributed by atoms with Gasteiger partial charge in [0.25, 0.3) is 0 Å². The molecule has 1 fully saturated rings. The van der Waals surface area contributed by atoms with E-state index in [0.29, 0.717) is 22.4 Å². The summed E-state index contributed by atoms with van der Waals surface area (Å²) >= 11 is 1.01. The number of benzene rings is 3. The first-order valence-corrected chi connectivity index (χ1v) is 14.0. The zero-order valence-electron chi connectivity index (χ0n) is 22.4. The van der Waals surface area contributed by atoms with E-state index < -0.39 is 11.9 Å². The Hall–Kier alpha value is -4.62. The lowest BCUT2D eigenvalue weighted by Crippen LogP contribution is -2.20. The normalized spacial score (nSPS) is 16.2. The Morgan fingerprint density at radius 2 is 1.83 bits per heavy atom. The van der Waals surface area contributed by atoms with Gasteiger partial charge in [0.05, 0.1) is 18.9 Å². The Kier molecular flexibility index (Phi) is 8.59. The Morgan fingerprint density at radius 3 is 2.50 bits per heavy atom. The number of hydrazone groups is 1. The molecule has 42 heavy (non-hydrogen) atoms. The highest BCUT2D eigenvalue weighted by Crippen LogP contribution is 2.47. The molecule has 0 saturated heterocycles. The summed E-state index contributed by atoms with van der Waals surface area (Å²) in [5.74, 6) is 0.605. The van der Waals surface area contributed by atoms with Gasteiger partial charge in [0.2, 0.25) is 5.91 Å². The van der Waals surface area contributed by atoms with Gasteiger partial charge in [-0.15, -0.1) is 11.8 Å². The van der Waals surface area contributed by atoms with Crippen molar-refractivity contribution in [2.75, 3.05) is 7.11 Å². The third kappa shape index (κ3) is 6.64. The maximum atomic E-state index is 13.8. The molecule has 10 heteroatoms. The van der Waals surface area contributed by atoms with Crippen LogP contribution in [0.4, 0.5) is 13.2 Å². The first-order chi connectivity index (χ1) is 20.3. The average molecular weight is 587 g/mol. The average Bonchev–Trinajstić information content (AvgIpc) is 3.81. The van der Waals surface area contributed by atoms with Crippen molar-refractivity contribution in [3.63, 3.8) is 0 Å². The molecular weight excluding hydrogens is 561 g/mol. The van der Waals surface area contributed by atoms with Gasteiger partial charge in [-0.2, -0.15) is 23.5 Å². The molecule has 3 aromatic carbocycles. The summed E-state index contributed by atoms with van der Waals surface area (Å²) in [6.07, 6.45) is -2.41. The lowest BCUT2D eigenvalue weighted by molar-refractivity contribution is -0.141. The molecular formula is C32H25F3N4O2S. The summed E-state index contributed by atoms with van der Waals surface area (Å²) in [6.45, 7) is 0. The van der Waals surface area contributed by atoms with Gasteiger partial charge in [-0.25, -0.2) is 10.4 Å². The number of rotatable bonds is 9.